The first kappa shape index (κ1) is 17.6. The van der Waals surface area contributed by atoms with Gasteiger partial charge in [-0.05, 0) is 75.3 Å². The molecule has 0 unspecified atom stereocenters. The average molecular weight is 379 g/mol. The van der Waals surface area contributed by atoms with Gasteiger partial charge >= 0.3 is 5.97 Å². The molecule has 4 bridgehead atoms. The van der Waals surface area contributed by atoms with Crippen molar-refractivity contribution in [1.29, 1.82) is 0 Å². The third kappa shape index (κ3) is 2.95. The van der Waals surface area contributed by atoms with E-state index in [9.17, 15) is 9.59 Å². The van der Waals surface area contributed by atoms with Gasteiger partial charge in [-0.25, -0.2) is 4.79 Å². The topological polar surface area (TPSA) is 74.1 Å². The van der Waals surface area contributed by atoms with E-state index in [-0.39, 0.29) is 23.5 Å². The lowest BCUT2D eigenvalue weighted by Gasteiger charge is -2.55. The van der Waals surface area contributed by atoms with Crippen LogP contribution >= 0.6 is 0 Å². The van der Waals surface area contributed by atoms with Crippen LogP contribution in [0.15, 0.2) is 30.3 Å². The van der Waals surface area contributed by atoms with Gasteiger partial charge in [-0.3, -0.25) is 4.79 Å². The molecule has 6 nitrogen and oxygen atoms in total. The standard InChI is InChI=1S/C22H25N3O3/c1-14-20(24-25(23-14)18-5-3-2-4-6-18)21(27)28-13-19(26)22-10-15-7-16(11-22)9-17(8-15)12-22/h2-6,15-17H,7-13H2,1H3. The van der Waals surface area contributed by atoms with Gasteiger partial charge in [0.05, 0.1) is 11.4 Å². The summed E-state index contributed by atoms with van der Waals surface area (Å²) in [5.41, 5.74) is 1.19. The Morgan fingerprint density at radius 1 is 1.04 bits per heavy atom. The normalized spacial score (nSPS) is 30.4. The molecule has 146 valence electrons. The van der Waals surface area contributed by atoms with Gasteiger partial charge in [0.15, 0.2) is 18.1 Å². The summed E-state index contributed by atoms with van der Waals surface area (Å²) in [4.78, 5) is 27.0. The summed E-state index contributed by atoms with van der Waals surface area (Å²) in [5.74, 6) is 1.61. The number of hydrogen-bond acceptors (Lipinski definition) is 5. The van der Waals surface area contributed by atoms with E-state index in [0.29, 0.717) is 23.4 Å². The van der Waals surface area contributed by atoms with Crippen molar-refractivity contribution in [3.05, 3.63) is 41.7 Å². The van der Waals surface area contributed by atoms with E-state index in [2.05, 4.69) is 10.2 Å². The fourth-order valence-corrected chi connectivity index (χ4v) is 6.05. The van der Waals surface area contributed by atoms with E-state index in [1.807, 2.05) is 30.3 Å². The number of ketones is 1. The van der Waals surface area contributed by atoms with Crippen LogP contribution in [0.3, 0.4) is 0 Å². The van der Waals surface area contributed by atoms with Crippen LogP contribution in [0.4, 0.5) is 0 Å². The molecule has 0 saturated heterocycles. The Morgan fingerprint density at radius 2 is 1.64 bits per heavy atom. The summed E-state index contributed by atoms with van der Waals surface area (Å²) in [6.45, 7) is 1.58. The molecule has 0 amide bonds. The molecule has 0 aliphatic heterocycles. The van der Waals surface area contributed by atoms with Gasteiger partial charge in [0.25, 0.3) is 0 Å². The van der Waals surface area contributed by atoms with Gasteiger partial charge in [0.1, 0.15) is 0 Å². The maximum atomic E-state index is 13.0. The summed E-state index contributed by atoms with van der Waals surface area (Å²) < 4.78 is 5.41. The molecular weight excluding hydrogens is 354 g/mol. The molecular formula is C22H25N3O3. The second-order valence-corrected chi connectivity index (χ2v) is 8.96. The molecule has 0 atom stereocenters. The summed E-state index contributed by atoms with van der Waals surface area (Å²) in [6.07, 6.45) is 6.81. The van der Waals surface area contributed by atoms with E-state index in [4.69, 9.17) is 4.74 Å². The molecule has 0 radical (unpaired) electrons. The van der Waals surface area contributed by atoms with Gasteiger partial charge in [0.2, 0.25) is 0 Å². The van der Waals surface area contributed by atoms with E-state index in [0.717, 1.165) is 24.9 Å². The molecule has 4 saturated carbocycles. The maximum absolute atomic E-state index is 13.0. The lowest BCUT2D eigenvalue weighted by Crippen LogP contribution is -2.51. The van der Waals surface area contributed by atoms with Crippen LogP contribution < -0.4 is 0 Å². The fourth-order valence-electron chi connectivity index (χ4n) is 6.05. The zero-order valence-corrected chi connectivity index (χ0v) is 16.1. The molecule has 1 aromatic heterocycles. The Hall–Kier alpha value is -2.50. The highest BCUT2D eigenvalue weighted by Crippen LogP contribution is 2.60. The molecule has 4 aliphatic carbocycles. The first-order valence-electron chi connectivity index (χ1n) is 10.2. The van der Waals surface area contributed by atoms with Crippen LogP contribution in [0.1, 0.15) is 54.7 Å². The Labute approximate surface area is 164 Å². The molecule has 4 fully saturated rings. The van der Waals surface area contributed by atoms with Gasteiger partial charge in [-0.15, -0.1) is 5.10 Å². The largest absolute Gasteiger partial charge is 0.453 e. The first-order valence-corrected chi connectivity index (χ1v) is 10.2. The van der Waals surface area contributed by atoms with Gasteiger partial charge in [-0.1, -0.05) is 18.2 Å². The molecule has 0 N–H and O–H groups in total. The number of para-hydroxylation sites is 1. The van der Waals surface area contributed by atoms with Crippen LogP contribution in [0.25, 0.3) is 5.69 Å². The van der Waals surface area contributed by atoms with Crippen LogP contribution in [-0.2, 0) is 9.53 Å². The SMILES string of the molecule is Cc1nn(-c2ccccc2)nc1C(=O)OCC(=O)C12CC3CC(CC(C3)C1)C2. The Balaban J connectivity index is 1.27. The quantitative estimate of drug-likeness (QED) is 0.743. The molecule has 6 rings (SSSR count). The number of Topliss-reactive ketones (excluding diaryl/α,β-unsaturated/α-hetero) is 1. The third-order valence-electron chi connectivity index (χ3n) is 6.93. The van der Waals surface area contributed by atoms with Crippen LogP contribution in [0.2, 0.25) is 0 Å². The highest BCUT2D eigenvalue weighted by molar-refractivity contribution is 5.92. The number of benzene rings is 1. The number of aryl methyl sites for hydroxylation is 1. The average Bonchev–Trinajstić information content (AvgIpc) is 3.07. The number of carbonyl (C=O) groups is 2. The zero-order valence-electron chi connectivity index (χ0n) is 16.1. The van der Waals surface area contributed by atoms with Gasteiger partial charge < -0.3 is 4.74 Å². The molecule has 2 aromatic rings. The van der Waals surface area contributed by atoms with Crippen molar-refractivity contribution in [2.24, 2.45) is 23.2 Å². The van der Waals surface area contributed by atoms with Crippen molar-refractivity contribution in [2.45, 2.75) is 45.4 Å². The Morgan fingerprint density at radius 3 is 2.25 bits per heavy atom. The van der Waals surface area contributed by atoms with Crippen molar-refractivity contribution in [1.82, 2.24) is 15.0 Å². The van der Waals surface area contributed by atoms with Crippen LogP contribution in [0, 0.1) is 30.1 Å². The molecule has 6 heteroatoms. The highest BCUT2D eigenvalue weighted by Gasteiger charge is 2.54. The van der Waals surface area contributed by atoms with Gasteiger partial charge in [-0.2, -0.15) is 9.90 Å². The minimum absolute atomic E-state index is 0.105. The number of rotatable bonds is 5. The second-order valence-electron chi connectivity index (χ2n) is 8.96. The van der Waals surface area contributed by atoms with Crippen LogP contribution in [0.5, 0.6) is 0 Å². The van der Waals surface area contributed by atoms with E-state index in [1.165, 1.54) is 24.1 Å². The summed E-state index contributed by atoms with van der Waals surface area (Å²) in [6, 6.07) is 9.41. The highest BCUT2D eigenvalue weighted by atomic mass is 16.5. The van der Waals surface area contributed by atoms with Crippen LogP contribution in [-0.4, -0.2) is 33.4 Å². The monoisotopic (exact) mass is 379 g/mol. The van der Waals surface area contributed by atoms with E-state index in [1.54, 1.807) is 6.92 Å². The number of nitrogens with zero attached hydrogens (tertiary/aromatic N) is 3. The minimum atomic E-state index is -0.572. The number of hydrogen-bond donors (Lipinski definition) is 0. The first-order chi connectivity index (χ1) is 13.5. The molecule has 28 heavy (non-hydrogen) atoms. The molecule has 1 aromatic carbocycles. The van der Waals surface area contributed by atoms with Gasteiger partial charge in [0, 0.05) is 5.41 Å². The lowest BCUT2D eigenvalue weighted by atomic mass is 9.48. The fraction of sp³-hybridized carbons (Fsp3) is 0.545. The van der Waals surface area contributed by atoms with Crippen molar-refractivity contribution in [3.8, 4) is 5.69 Å². The molecule has 0 spiro atoms. The molecule has 4 aliphatic rings. The smallest absolute Gasteiger partial charge is 0.361 e. The Bertz CT molecular complexity index is 883. The third-order valence-corrected chi connectivity index (χ3v) is 6.93. The number of carbonyl (C=O) groups excluding carboxylic acids is 2. The predicted octanol–water partition coefficient (Wildman–Crippen LogP) is 3.52. The summed E-state index contributed by atoms with van der Waals surface area (Å²) in [5, 5.41) is 8.57. The lowest BCUT2D eigenvalue weighted by molar-refractivity contribution is -0.147. The second kappa shape index (κ2) is 6.54. The number of ether oxygens (including phenoxy) is 1. The van der Waals surface area contributed by atoms with Crippen molar-refractivity contribution in [2.75, 3.05) is 6.61 Å². The Kier molecular flexibility index (Phi) is 4.11. The zero-order chi connectivity index (χ0) is 19.3. The van der Waals surface area contributed by atoms with Crippen molar-refractivity contribution < 1.29 is 14.3 Å². The number of aromatic nitrogens is 3. The minimum Gasteiger partial charge on any atom is -0.453 e. The summed E-state index contributed by atoms with van der Waals surface area (Å²) in [7, 11) is 0. The molecule has 1 heterocycles. The van der Waals surface area contributed by atoms with E-state index < -0.39 is 5.97 Å². The van der Waals surface area contributed by atoms with E-state index >= 15 is 0 Å². The summed E-state index contributed by atoms with van der Waals surface area (Å²) >= 11 is 0. The maximum Gasteiger partial charge on any atom is 0.361 e. The number of esters is 1. The van der Waals surface area contributed by atoms with Crippen molar-refractivity contribution in [3.63, 3.8) is 0 Å². The predicted molar refractivity (Wildman–Crippen MR) is 102 cm³/mol. The van der Waals surface area contributed by atoms with Crippen molar-refractivity contribution >= 4 is 11.8 Å².